The Bertz CT molecular complexity index is 177. The van der Waals surface area contributed by atoms with Gasteiger partial charge in [0.1, 0.15) is 0 Å². The van der Waals surface area contributed by atoms with Crippen molar-refractivity contribution in [3.05, 3.63) is 0 Å². The van der Waals surface area contributed by atoms with Gasteiger partial charge in [0.25, 0.3) is 0 Å². The average Bonchev–Trinajstić information content (AvgIpc) is 2.04. The first-order chi connectivity index (χ1) is 6.07. The van der Waals surface area contributed by atoms with Crippen LogP contribution in [0.15, 0.2) is 0 Å². The molecule has 0 aromatic heterocycles. The van der Waals surface area contributed by atoms with Gasteiger partial charge in [0.05, 0.1) is 0 Å². The summed E-state index contributed by atoms with van der Waals surface area (Å²) in [6.45, 7) is 1.33. The first-order valence-electron chi connectivity index (χ1n) is 4.11. The molecule has 2 N–H and O–H groups in total. The summed E-state index contributed by atoms with van der Waals surface area (Å²) >= 11 is 0. The fraction of sp³-hybridized carbons (Fsp3) is 0.750. The molecule has 76 valence electrons. The number of aliphatic hydroxyl groups excluding tert-OH is 1. The van der Waals surface area contributed by atoms with E-state index in [1.54, 1.807) is 0 Å². The first kappa shape index (κ1) is 11.9. The van der Waals surface area contributed by atoms with E-state index in [0.717, 1.165) is 0 Å². The summed E-state index contributed by atoms with van der Waals surface area (Å²) in [7, 11) is 0. The molecule has 5 nitrogen and oxygen atoms in total. The molecule has 5 heteroatoms. The molecule has 0 aliphatic carbocycles. The zero-order chi connectivity index (χ0) is 10.3. The number of carbonyl (C=O) groups is 2. The Morgan fingerprint density at radius 3 is 2.46 bits per heavy atom. The van der Waals surface area contributed by atoms with Crippen molar-refractivity contribution in [3.8, 4) is 0 Å². The predicted octanol–water partition coefficient (Wildman–Crippen LogP) is 0.165. The second kappa shape index (κ2) is 6.42. The molecule has 0 saturated heterocycles. The van der Waals surface area contributed by atoms with Crippen molar-refractivity contribution < 1.29 is 24.5 Å². The number of rotatable bonds is 6. The summed E-state index contributed by atoms with van der Waals surface area (Å²) in [6.07, 6.45) is 0.0952. The van der Waals surface area contributed by atoms with Crippen molar-refractivity contribution >= 4 is 11.9 Å². The molecule has 0 radical (unpaired) electrons. The molecular formula is C8H14O5. The number of ether oxygens (including phenoxy) is 1. The molecule has 1 unspecified atom stereocenters. The zero-order valence-corrected chi connectivity index (χ0v) is 7.52. The lowest BCUT2D eigenvalue weighted by Gasteiger charge is -2.07. The molecule has 0 rings (SSSR count). The molecule has 0 aliphatic heterocycles. The Morgan fingerprint density at radius 1 is 1.38 bits per heavy atom. The van der Waals surface area contributed by atoms with Crippen LogP contribution in [0.25, 0.3) is 0 Å². The fourth-order valence-corrected chi connectivity index (χ4v) is 0.688. The van der Waals surface area contributed by atoms with Crippen molar-refractivity contribution in [1.29, 1.82) is 0 Å². The number of aliphatic hydroxyl groups is 1. The van der Waals surface area contributed by atoms with Crippen molar-refractivity contribution in [2.24, 2.45) is 0 Å². The van der Waals surface area contributed by atoms with E-state index in [4.69, 9.17) is 10.2 Å². The molecule has 0 heterocycles. The lowest BCUT2D eigenvalue weighted by molar-refractivity contribution is -0.162. The van der Waals surface area contributed by atoms with Crippen molar-refractivity contribution in [1.82, 2.24) is 0 Å². The quantitative estimate of drug-likeness (QED) is 0.460. The number of hydrogen-bond acceptors (Lipinski definition) is 4. The molecule has 0 fully saturated rings. The minimum absolute atomic E-state index is 0.0295. The van der Waals surface area contributed by atoms with Crippen molar-refractivity contribution in [2.45, 2.75) is 32.3 Å². The molecular weight excluding hydrogens is 176 g/mol. The normalized spacial score (nSPS) is 12.2. The molecule has 13 heavy (non-hydrogen) atoms. The van der Waals surface area contributed by atoms with E-state index in [0.29, 0.717) is 12.8 Å². The van der Waals surface area contributed by atoms with Crippen LogP contribution in [0, 0.1) is 0 Å². The maximum atomic E-state index is 10.9. The Kier molecular flexibility index (Phi) is 5.88. The monoisotopic (exact) mass is 190 g/mol. The van der Waals surface area contributed by atoms with Crippen LogP contribution in [0.4, 0.5) is 0 Å². The summed E-state index contributed by atoms with van der Waals surface area (Å²) in [4.78, 5) is 21.1. The second-order valence-corrected chi connectivity index (χ2v) is 2.65. The van der Waals surface area contributed by atoms with Gasteiger partial charge in [-0.2, -0.15) is 0 Å². The average molecular weight is 190 g/mol. The summed E-state index contributed by atoms with van der Waals surface area (Å²) in [5.41, 5.74) is 0. The van der Waals surface area contributed by atoms with Gasteiger partial charge in [0.15, 0.2) is 6.10 Å². The standard InChI is InChI=1S/C8H14O5/c1-6(8(11)12)13-7(10)4-2-3-5-9/h6,9H,2-5H2,1H3,(H,11,12). The summed E-state index contributed by atoms with van der Waals surface area (Å²) < 4.78 is 4.54. The van der Waals surface area contributed by atoms with Crippen LogP contribution in [0.5, 0.6) is 0 Å². The molecule has 0 bridgehead atoms. The van der Waals surface area contributed by atoms with E-state index in [9.17, 15) is 9.59 Å². The molecule has 0 spiro atoms. The number of unbranched alkanes of at least 4 members (excludes halogenated alkanes) is 1. The van der Waals surface area contributed by atoms with Crippen LogP contribution in [-0.4, -0.2) is 34.9 Å². The van der Waals surface area contributed by atoms with Gasteiger partial charge in [-0.15, -0.1) is 0 Å². The van der Waals surface area contributed by atoms with Gasteiger partial charge in [-0.1, -0.05) is 0 Å². The van der Waals surface area contributed by atoms with Crippen molar-refractivity contribution in [2.75, 3.05) is 6.61 Å². The Labute approximate surface area is 76.3 Å². The van der Waals surface area contributed by atoms with Gasteiger partial charge in [-0.25, -0.2) is 4.79 Å². The molecule has 0 aromatic rings. The Balaban J connectivity index is 3.56. The molecule has 0 aromatic carbocycles. The second-order valence-electron chi connectivity index (χ2n) is 2.65. The predicted molar refractivity (Wildman–Crippen MR) is 44.1 cm³/mol. The minimum Gasteiger partial charge on any atom is -0.479 e. The van der Waals surface area contributed by atoms with Gasteiger partial charge >= 0.3 is 11.9 Å². The van der Waals surface area contributed by atoms with Crippen LogP contribution < -0.4 is 0 Å². The summed E-state index contributed by atoms with van der Waals surface area (Å²) in [6, 6.07) is 0. The number of carboxylic acids is 1. The maximum absolute atomic E-state index is 10.9. The number of aliphatic carboxylic acids is 1. The molecule has 0 saturated carbocycles. The van der Waals surface area contributed by atoms with E-state index in [-0.39, 0.29) is 13.0 Å². The van der Waals surface area contributed by atoms with E-state index in [2.05, 4.69) is 4.74 Å². The van der Waals surface area contributed by atoms with E-state index in [1.165, 1.54) is 6.92 Å². The third-order valence-electron chi connectivity index (χ3n) is 1.45. The Hall–Kier alpha value is -1.10. The third-order valence-corrected chi connectivity index (χ3v) is 1.45. The minimum atomic E-state index is -1.16. The van der Waals surface area contributed by atoms with E-state index >= 15 is 0 Å². The highest BCUT2D eigenvalue weighted by molar-refractivity contribution is 5.77. The van der Waals surface area contributed by atoms with Gasteiger partial charge in [0.2, 0.25) is 0 Å². The molecule has 0 aliphatic rings. The highest BCUT2D eigenvalue weighted by atomic mass is 16.6. The smallest absolute Gasteiger partial charge is 0.344 e. The maximum Gasteiger partial charge on any atom is 0.344 e. The fourth-order valence-electron chi connectivity index (χ4n) is 0.688. The summed E-state index contributed by atoms with van der Waals surface area (Å²) in [5, 5.41) is 16.8. The number of carboxylic acid groups (broad SMARTS) is 1. The van der Waals surface area contributed by atoms with Crippen LogP contribution in [-0.2, 0) is 14.3 Å². The number of esters is 1. The summed E-state index contributed by atoms with van der Waals surface area (Å²) in [5.74, 6) is -1.70. The van der Waals surface area contributed by atoms with Crippen LogP contribution in [0.2, 0.25) is 0 Å². The highest BCUT2D eigenvalue weighted by Gasteiger charge is 2.15. The molecule has 0 amide bonds. The highest BCUT2D eigenvalue weighted by Crippen LogP contribution is 2.00. The Morgan fingerprint density at radius 2 is 2.00 bits per heavy atom. The van der Waals surface area contributed by atoms with Crippen LogP contribution in [0.3, 0.4) is 0 Å². The largest absolute Gasteiger partial charge is 0.479 e. The lowest BCUT2D eigenvalue weighted by Crippen LogP contribution is -2.23. The van der Waals surface area contributed by atoms with E-state index in [1.807, 2.05) is 0 Å². The SMILES string of the molecule is CC(OC(=O)CCCCO)C(=O)O. The van der Waals surface area contributed by atoms with Crippen LogP contribution in [0.1, 0.15) is 26.2 Å². The topological polar surface area (TPSA) is 83.8 Å². The van der Waals surface area contributed by atoms with Crippen LogP contribution >= 0.6 is 0 Å². The van der Waals surface area contributed by atoms with Gasteiger partial charge < -0.3 is 14.9 Å². The number of carbonyl (C=O) groups excluding carboxylic acids is 1. The van der Waals surface area contributed by atoms with E-state index < -0.39 is 18.0 Å². The first-order valence-corrected chi connectivity index (χ1v) is 4.11. The van der Waals surface area contributed by atoms with Crippen molar-refractivity contribution in [3.63, 3.8) is 0 Å². The zero-order valence-electron chi connectivity index (χ0n) is 7.52. The molecule has 1 atom stereocenters. The lowest BCUT2D eigenvalue weighted by atomic mass is 10.2. The third kappa shape index (κ3) is 6.10. The van der Waals surface area contributed by atoms with Gasteiger partial charge in [-0.3, -0.25) is 4.79 Å². The number of hydrogen-bond donors (Lipinski definition) is 2. The van der Waals surface area contributed by atoms with Gasteiger partial charge in [-0.05, 0) is 19.8 Å². The van der Waals surface area contributed by atoms with Gasteiger partial charge in [0, 0.05) is 13.0 Å².